The Hall–Kier alpha value is -4.23. The Morgan fingerprint density at radius 2 is 1.62 bits per heavy atom. The summed E-state index contributed by atoms with van der Waals surface area (Å²) in [5.74, 6) is 0. The molecule has 0 fully saturated rings. The summed E-state index contributed by atoms with van der Waals surface area (Å²) in [6.07, 6.45) is 5.46. The van der Waals surface area contributed by atoms with Crippen LogP contribution in [-0.2, 0) is 0 Å². The lowest BCUT2D eigenvalue weighted by atomic mass is 9.94. The molecule has 0 aliphatic carbocycles. The summed E-state index contributed by atoms with van der Waals surface area (Å²) >= 11 is 0. The minimum atomic E-state index is 0.564. The molecular formula is C25H16N4. The first-order valence-corrected chi connectivity index (χ1v) is 9.32. The molecule has 5 aromatic rings. The van der Waals surface area contributed by atoms with Gasteiger partial charge in [0.05, 0.1) is 17.0 Å². The van der Waals surface area contributed by atoms with Crippen molar-refractivity contribution in [3.63, 3.8) is 0 Å². The van der Waals surface area contributed by atoms with E-state index in [1.54, 1.807) is 12.4 Å². The van der Waals surface area contributed by atoms with Crippen LogP contribution in [0.4, 0.5) is 0 Å². The van der Waals surface area contributed by atoms with Gasteiger partial charge >= 0.3 is 0 Å². The van der Waals surface area contributed by atoms with Crippen LogP contribution in [0.3, 0.4) is 0 Å². The molecule has 2 aromatic carbocycles. The lowest BCUT2D eigenvalue weighted by Crippen LogP contribution is -1.97. The third kappa shape index (κ3) is 2.95. The van der Waals surface area contributed by atoms with Crippen molar-refractivity contribution < 1.29 is 0 Å². The Kier molecular flexibility index (Phi) is 4.12. The van der Waals surface area contributed by atoms with E-state index < -0.39 is 0 Å². The number of nitrogens with zero attached hydrogens (tertiary/aromatic N) is 3. The molecule has 0 amide bonds. The molecule has 5 rings (SSSR count). The normalized spacial score (nSPS) is 10.7. The maximum absolute atomic E-state index is 10.1. The lowest BCUT2D eigenvalue weighted by Gasteiger charge is -2.12. The lowest BCUT2D eigenvalue weighted by molar-refractivity contribution is 1.27. The van der Waals surface area contributed by atoms with Gasteiger partial charge in [-0.25, -0.2) is 4.98 Å². The Bertz CT molecular complexity index is 1350. The van der Waals surface area contributed by atoms with Crippen LogP contribution >= 0.6 is 0 Å². The summed E-state index contributed by atoms with van der Waals surface area (Å²) in [7, 11) is 0. The first-order chi connectivity index (χ1) is 14.3. The molecule has 0 bridgehead atoms. The van der Waals surface area contributed by atoms with Crippen LogP contribution in [0.25, 0.3) is 44.5 Å². The first kappa shape index (κ1) is 16.9. The predicted octanol–water partition coefficient (Wildman–Crippen LogP) is 5.83. The molecule has 0 atom stereocenters. The molecule has 0 aliphatic rings. The van der Waals surface area contributed by atoms with Crippen LogP contribution < -0.4 is 0 Å². The zero-order valence-corrected chi connectivity index (χ0v) is 15.5. The van der Waals surface area contributed by atoms with Gasteiger partial charge in [0.2, 0.25) is 0 Å². The standard InChI is InChI=1S/C25H16N4/c26-14-21-20(17-7-2-1-3-8-17)13-24(18-9-6-12-27-15-18)29-25(21)22-16-28-23-11-5-4-10-19(22)23/h1-13,15-16,28H. The smallest absolute Gasteiger partial charge is 0.102 e. The highest BCUT2D eigenvalue weighted by molar-refractivity contribution is 5.97. The molecule has 0 radical (unpaired) electrons. The Morgan fingerprint density at radius 3 is 2.41 bits per heavy atom. The van der Waals surface area contributed by atoms with E-state index in [0.717, 1.165) is 38.9 Å². The second-order valence-electron chi connectivity index (χ2n) is 6.75. The van der Waals surface area contributed by atoms with E-state index in [1.807, 2.05) is 79.0 Å². The Morgan fingerprint density at radius 1 is 0.828 bits per heavy atom. The highest BCUT2D eigenvalue weighted by atomic mass is 14.8. The summed E-state index contributed by atoms with van der Waals surface area (Å²) in [5.41, 5.74) is 6.71. The maximum atomic E-state index is 10.1. The molecule has 3 aromatic heterocycles. The molecule has 0 aliphatic heterocycles. The molecule has 0 unspecified atom stereocenters. The van der Waals surface area contributed by atoms with E-state index in [0.29, 0.717) is 11.3 Å². The number of H-pyrrole nitrogens is 1. The topological polar surface area (TPSA) is 65.4 Å². The van der Waals surface area contributed by atoms with Crippen LogP contribution in [0.1, 0.15) is 5.56 Å². The monoisotopic (exact) mass is 372 g/mol. The Balaban J connectivity index is 1.85. The average Bonchev–Trinajstić information content (AvgIpc) is 3.23. The SMILES string of the molecule is N#Cc1c(-c2ccccc2)cc(-c2cccnc2)nc1-c1c[nH]c2ccccc12. The average molecular weight is 372 g/mol. The third-order valence-electron chi connectivity index (χ3n) is 5.02. The quantitative estimate of drug-likeness (QED) is 0.433. The number of fused-ring (bicyclic) bond motifs is 1. The molecule has 0 saturated carbocycles. The van der Waals surface area contributed by atoms with E-state index >= 15 is 0 Å². The van der Waals surface area contributed by atoms with Gasteiger partial charge in [-0.2, -0.15) is 5.26 Å². The molecule has 29 heavy (non-hydrogen) atoms. The summed E-state index contributed by atoms with van der Waals surface area (Å²) < 4.78 is 0. The fourth-order valence-corrected chi connectivity index (χ4v) is 3.63. The van der Waals surface area contributed by atoms with Gasteiger partial charge in [0, 0.05) is 46.2 Å². The molecule has 1 N–H and O–H groups in total. The zero-order chi connectivity index (χ0) is 19.6. The van der Waals surface area contributed by atoms with Gasteiger partial charge in [0.1, 0.15) is 6.07 Å². The van der Waals surface area contributed by atoms with Crippen molar-refractivity contribution in [2.75, 3.05) is 0 Å². The van der Waals surface area contributed by atoms with Crippen LogP contribution in [0.5, 0.6) is 0 Å². The summed E-state index contributed by atoms with van der Waals surface area (Å²) in [4.78, 5) is 12.4. The summed E-state index contributed by atoms with van der Waals surface area (Å²) in [5, 5.41) is 11.1. The van der Waals surface area contributed by atoms with Gasteiger partial charge in [0.15, 0.2) is 0 Å². The second kappa shape index (κ2) is 7.06. The number of benzene rings is 2. The fourth-order valence-electron chi connectivity index (χ4n) is 3.63. The van der Waals surface area contributed by atoms with E-state index in [9.17, 15) is 5.26 Å². The number of rotatable bonds is 3. The molecule has 4 heteroatoms. The number of hydrogen-bond donors (Lipinski definition) is 1. The van der Waals surface area contributed by atoms with Crippen molar-refractivity contribution in [1.82, 2.24) is 15.0 Å². The van der Waals surface area contributed by atoms with Crippen LogP contribution in [0, 0.1) is 11.3 Å². The molecule has 3 heterocycles. The fraction of sp³-hybridized carbons (Fsp3) is 0. The summed E-state index contributed by atoms with van der Waals surface area (Å²) in [6, 6.07) is 26.3. The Labute approximate surface area is 168 Å². The van der Waals surface area contributed by atoms with Gasteiger partial charge in [-0.05, 0) is 29.8 Å². The third-order valence-corrected chi connectivity index (χ3v) is 5.02. The molecular weight excluding hydrogens is 356 g/mol. The van der Waals surface area contributed by atoms with Crippen molar-refractivity contribution in [2.24, 2.45) is 0 Å². The number of pyridine rings is 2. The molecule has 4 nitrogen and oxygen atoms in total. The van der Waals surface area contributed by atoms with Gasteiger partial charge in [-0.3, -0.25) is 4.98 Å². The van der Waals surface area contributed by atoms with Crippen molar-refractivity contribution >= 4 is 10.9 Å². The predicted molar refractivity (Wildman–Crippen MR) is 115 cm³/mol. The van der Waals surface area contributed by atoms with Gasteiger partial charge in [-0.1, -0.05) is 48.5 Å². The minimum absolute atomic E-state index is 0.564. The van der Waals surface area contributed by atoms with Crippen molar-refractivity contribution in [2.45, 2.75) is 0 Å². The van der Waals surface area contributed by atoms with E-state index in [2.05, 4.69) is 16.0 Å². The van der Waals surface area contributed by atoms with Crippen molar-refractivity contribution in [3.05, 3.63) is 97.0 Å². The first-order valence-electron chi connectivity index (χ1n) is 9.32. The van der Waals surface area contributed by atoms with Gasteiger partial charge < -0.3 is 4.98 Å². The van der Waals surface area contributed by atoms with E-state index in [1.165, 1.54) is 0 Å². The zero-order valence-electron chi connectivity index (χ0n) is 15.5. The minimum Gasteiger partial charge on any atom is -0.360 e. The van der Waals surface area contributed by atoms with E-state index in [-0.39, 0.29) is 0 Å². The van der Waals surface area contributed by atoms with Crippen molar-refractivity contribution in [1.29, 1.82) is 5.26 Å². The molecule has 0 spiro atoms. The number of nitrogens with one attached hydrogen (secondary N) is 1. The molecule has 0 saturated heterocycles. The van der Waals surface area contributed by atoms with Gasteiger partial charge in [0.25, 0.3) is 0 Å². The number of hydrogen-bond acceptors (Lipinski definition) is 3. The number of aromatic amines is 1. The van der Waals surface area contributed by atoms with Crippen LogP contribution in [0.2, 0.25) is 0 Å². The summed E-state index contributed by atoms with van der Waals surface area (Å²) in [6.45, 7) is 0. The highest BCUT2D eigenvalue weighted by Gasteiger charge is 2.19. The van der Waals surface area contributed by atoms with Crippen LogP contribution in [0.15, 0.2) is 91.4 Å². The maximum Gasteiger partial charge on any atom is 0.102 e. The largest absolute Gasteiger partial charge is 0.360 e. The van der Waals surface area contributed by atoms with Crippen molar-refractivity contribution in [3.8, 4) is 39.7 Å². The van der Waals surface area contributed by atoms with Gasteiger partial charge in [-0.15, -0.1) is 0 Å². The number of aromatic nitrogens is 3. The number of nitriles is 1. The highest BCUT2D eigenvalue weighted by Crippen LogP contribution is 2.37. The van der Waals surface area contributed by atoms with Crippen LogP contribution in [-0.4, -0.2) is 15.0 Å². The van der Waals surface area contributed by atoms with E-state index in [4.69, 9.17) is 4.98 Å². The number of para-hydroxylation sites is 1. The second-order valence-corrected chi connectivity index (χ2v) is 6.75. The molecule has 136 valence electrons.